The first-order valence-corrected chi connectivity index (χ1v) is 6.62. The molecular weight excluding hydrogens is 255 g/mol. The monoisotopic (exact) mass is 273 g/mol. The lowest BCUT2D eigenvalue weighted by Crippen LogP contribution is -2.22. The van der Waals surface area contributed by atoms with Crippen LogP contribution in [0, 0.1) is 23.4 Å². The summed E-state index contributed by atoms with van der Waals surface area (Å²) < 4.78 is 38.7. The van der Waals surface area contributed by atoms with E-state index in [-0.39, 0.29) is 12.2 Å². The molecule has 1 saturated carbocycles. The lowest BCUT2D eigenvalue weighted by Gasteiger charge is -2.16. The Hall–Kier alpha value is -1.23. The van der Waals surface area contributed by atoms with Gasteiger partial charge in [-0.05, 0) is 12.3 Å². The van der Waals surface area contributed by atoms with Gasteiger partial charge in [0.05, 0.1) is 6.10 Å². The van der Waals surface area contributed by atoms with Gasteiger partial charge < -0.3 is 10.4 Å². The quantitative estimate of drug-likeness (QED) is 0.805. The van der Waals surface area contributed by atoms with E-state index in [9.17, 15) is 18.3 Å². The van der Waals surface area contributed by atoms with Crippen LogP contribution in [-0.2, 0) is 0 Å². The second kappa shape index (κ2) is 6.28. The molecule has 1 fully saturated rings. The SMILES string of the molecule is OC(CNc1cc(F)c(F)c(F)c1)CC1CCCC1. The van der Waals surface area contributed by atoms with Gasteiger partial charge in [0.1, 0.15) is 0 Å². The number of halogens is 3. The van der Waals surface area contributed by atoms with Crippen molar-refractivity contribution in [3.63, 3.8) is 0 Å². The summed E-state index contributed by atoms with van der Waals surface area (Å²) >= 11 is 0. The maximum absolute atomic E-state index is 13.0. The zero-order chi connectivity index (χ0) is 13.8. The fraction of sp³-hybridized carbons (Fsp3) is 0.571. The van der Waals surface area contributed by atoms with Crippen LogP contribution in [0.25, 0.3) is 0 Å². The Kier molecular flexibility index (Phi) is 4.69. The molecule has 0 bridgehead atoms. The van der Waals surface area contributed by atoms with Gasteiger partial charge >= 0.3 is 0 Å². The van der Waals surface area contributed by atoms with Gasteiger partial charge in [-0.3, -0.25) is 0 Å². The number of aliphatic hydroxyl groups excluding tert-OH is 1. The third-order valence-electron chi connectivity index (χ3n) is 3.61. The second-order valence-electron chi connectivity index (χ2n) is 5.17. The Morgan fingerprint density at radius 2 is 1.74 bits per heavy atom. The highest BCUT2D eigenvalue weighted by Gasteiger charge is 2.19. The molecule has 1 unspecified atom stereocenters. The molecular formula is C14H18F3NO. The van der Waals surface area contributed by atoms with E-state index >= 15 is 0 Å². The number of rotatable bonds is 5. The van der Waals surface area contributed by atoms with Crippen LogP contribution >= 0.6 is 0 Å². The van der Waals surface area contributed by atoms with Crippen LogP contribution in [0.4, 0.5) is 18.9 Å². The lowest BCUT2D eigenvalue weighted by atomic mass is 10.00. The molecule has 2 N–H and O–H groups in total. The molecule has 19 heavy (non-hydrogen) atoms. The van der Waals surface area contributed by atoms with Crippen molar-refractivity contribution in [1.82, 2.24) is 0 Å². The van der Waals surface area contributed by atoms with Crippen LogP contribution in [0.15, 0.2) is 12.1 Å². The van der Waals surface area contributed by atoms with Crippen molar-refractivity contribution in [2.45, 2.75) is 38.2 Å². The summed E-state index contributed by atoms with van der Waals surface area (Å²) in [6, 6.07) is 1.78. The smallest absolute Gasteiger partial charge is 0.194 e. The van der Waals surface area contributed by atoms with E-state index in [1.165, 1.54) is 12.8 Å². The molecule has 1 aromatic rings. The van der Waals surface area contributed by atoms with E-state index < -0.39 is 23.6 Å². The highest BCUT2D eigenvalue weighted by Crippen LogP contribution is 2.28. The van der Waals surface area contributed by atoms with E-state index in [0.717, 1.165) is 25.0 Å². The van der Waals surface area contributed by atoms with Crippen LogP contribution in [0.2, 0.25) is 0 Å². The fourth-order valence-corrected chi connectivity index (χ4v) is 2.61. The number of aliphatic hydroxyl groups is 1. The first-order valence-electron chi connectivity index (χ1n) is 6.62. The van der Waals surface area contributed by atoms with Crippen molar-refractivity contribution >= 4 is 5.69 Å². The summed E-state index contributed by atoms with van der Waals surface area (Å²) in [4.78, 5) is 0. The van der Waals surface area contributed by atoms with E-state index in [1.54, 1.807) is 0 Å². The molecule has 1 aliphatic carbocycles. The average Bonchev–Trinajstić information content (AvgIpc) is 2.86. The number of hydrogen-bond acceptors (Lipinski definition) is 2. The number of benzene rings is 1. The van der Waals surface area contributed by atoms with Gasteiger partial charge in [-0.15, -0.1) is 0 Å². The largest absolute Gasteiger partial charge is 0.391 e. The van der Waals surface area contributed by atoms with Crippen molar-refractivity contribution in [2.24, 2.45) is 5.92 Å². The minimum atomic E-state index is -1.47. The molecule has 2 nitrogen and oxygen atoms in total. The summed E-state index contributed by atoms with van der Waals surface area (Å²) in [5, 5.41) is 12.6. The van der Waals surface area contributed by atoms with Gasteiger partial charge in [0.25, 0.3) is 0 Å². The minimum Gasteiger partial charge on any atom is -0.391 e. The Balaban J connectivity index is 1.84. The van der Waals surface area contributed by atoms with Crippen molar-refractivity contribution in [2.75, 3.05) is 11.9 Å². The second-order valence-corrected chi connectivity index (χ2v) is 5.17. The highest BCUT2D eigenvalue weighted by atomic mass is 19.2. The number of anilines is 1. The minimum absolute atomic E-state index is 0.141. The maximum atomic E-state index is 13.0. The van der Waals surface area contributed by atoms with Crippen LogP contribution < -0.4 is 5.32 Å². The zero-order valence-electron chi connectivity index (χ0n) is 10.6. The first-order chi connectivity index (χ1) is 9.06. The van der Waals surface area contributed by atoms with Gasteiger partial charge in [0.15, 0.2) is 17.5 Å². The van der Waals surface area contributed by atoms with Crippen LogP contribution in [0.5, 0.6) is 0 Å². The van der Waals surface area contributed by atoms with Gasteiger partial charge in [0.2, 0.25) is 0 Å². The summed E-state index contributed by atoms with van der Waals surface area (Å²) in [7, 11) is 0. The van der Waals surface area contributed by atoms with Crippen LogP contribution in [0.3, 0.4) is 0 Å². The molecule has 0 saturated heterocycles. The van der Waals surface area contributed by atoms with Crippen molar-refractivity contribution in [1.29, 1.82) is 0 Å². The van der Waals surface area contributed by atoms with Crippen LogP contribution in [-0.4, -0.2) is 17.8 Å². The Morgan fingerprint density at radius 1 is 1.16 bits per heavy atom. The van der Waals surface area contributed by atoms with Crippen molar-refractivity contribution < 1.29 is 18.3 Å². The standard InChI is InChI=1S/C14H18F3NO/c15-12-6-10(7-13(16)14(12)17)18-8-11(19)5-9-3-1-2-4-9/h6-7,9,11,18-19H,1-5,8H2. The van der Waals surface area contributed by atoms with E-state index in [4.69, 9.17) is 0 Å². The third kappa shape index (κ3) is 3.86. The molecule has 1 aliphatic rings. The first kappa shape index (κ1) is 14.2. The summed E-state index contributed by atoms with van der Waals surface area (Å²) in [6.45, 7) is 0.209. The molecule has 2 rings (SSSR count). The van der Waals surface area contributed by atoms with Gasteiger partial charge in [-0.2, -0.15) is 0 Å². The molecule has 5 heteroatoms. The highest BCUT2D eigenvalue weighted by molar-refractivity contribution is 5.44. The normalized spacial score (nSPS) is 17.7. The topological polar surface area (TPSA) is 32.3 Å². The molecule has 0 spiro atoms. The van der Waals surface area contributed by atoms with Crippen LogP contribution in [0.1, 0.15) is 32.1 Å². The third-order valence-corrected chi connectivity index (χ3v) is 3.61. The van der Waals surface area contributed by atoms with Crippen molar-refractivity contribution in [3.05, 3.63) is 29.6 Å². The lowest BCUT2D eigenvalue weighted by molar-refractivity contribution is 0.155. The number of nitrogens with one attached hydrogen (secondary N) is 1. The molecule has 0 amide bonds. The maximum Gasteiger partial charge on any atom is 0.194 e. The predicted octanol–water partition coefficient (Wildman–Crippen LogP) is 3.46. The average molecular weight is 273 g/mol. The Morgan fingerprint density at radius 3 is 2.32 bits per heavy atom. The van der Waals surface area contributed by atoms with Gasteiger partial charge in [-0.1, -0.05) is 25.7 Å². The Labute approximate surface area is 110 Å². The summed E-state index contributed by atoms with van der Waals surface area (Å²) in [5.41, 5.74) is 0.141. The Bertz CT molecular complexity index is 410. The zero-order valence-corrected chi connectivity index (χ0v) is 10.6. The molecule has 1 aromatic carbocycles. The molecule has 0 heterocycles. The fourth-order valence-electron chi connectivity index (χ4n) is 2.61. The van der Waals surface area contributed by atoms with E-state index in [2.05, 4.69) is 5.32 Å². The molecule has 0 radical (unpaired) electrons. The van der Waals surface area contributed by atoms with E-state index in [0.29, 0.717) is 12.3 Å². The molecule has 0 aliphatic heterocycles. The molecule has 106 valence electrons. The van der Waals surface area contributed by atoms with Gasteiger partial charge in [0, 0.05) is 24.4 Å². The molecule has 1 atom stereocenters. The van der Waals surface area contributed by atoms with E-state index in [1.807, 2.05) is 0 Å². The van der Waals surface area contributed by atoms with Crippen molar-refractivity contribution in [3.8, 4) is 0 Å². The number of hydrogen-bond donors (Lipinski definition) is 2. The van der Waals surface area contributed by atoms with Gasteiger partial charge in [-0.25, -0.2) is 13.2 Å². The summed E-state index contributed by atoms with van der Waals surface area (Å²) in [5.74, 6) is -3.39. The predicted molar refractivity (Wildman–Crippen MR) is 67.4 cm³/mol. The summed E-state index contributed by atoms with van der Waals surface area (Å²) in [6.07, 6.45) is 4.82. The molecule has 0 aromatic heterocycles.